The highest BCUT2D eigenvalue weighted by Crippen LogP contribution is 2.20. The minimum absolute atomic E-state index is 0.0887. The van der Waals surface area contributed by atoms with E-state index in [0.29, 0.717) is 17.1 Å². The highest BCUT2D eigenvalue weighted by Gasteiger charge is 2.36. The predicted octanol–water partition coefficient (Wildman–Crippen LogP) is 1.73. The first-order valence-corrected chi connectivity index (χ1v) is 8.13. The molecule has 1 aliphatic rings. The van der Waals surface area contributed by atoms with E-state index < -0.39 is 22.7 Å². The molecule has 0 aromatic carbocycles. The number of sulfonamides is 1. The van der Waals surface area contributed by atoms with Crippen molar-refractivity contribution in [2.75, 3.05) is 25.4 Å². The minimum atomic E-state index is -4.50. The molecule has 19 heavy (non-hydrogen) atoms. The summed E-state index contributed by atoms with van der Waals surface area (Å²) in [6, 6.07) is -0.230. The number of nitrogens with zero attached hydrogens (tertiary/aromatic N) is 1. The lowest BCUT2D eigenvalue weighted by molar-refractivity contribution is -0.136. The Kier molecular flexibility index (Phi) is 6.07. The molecule has 0 aliphatic carbocycles. The van der Waals surface area contributed by atoms with E-state index >= 15 is 0 Å². The van der Waals surface area contributed by atoms with Crippen LogP contribution < -0.4 is 5.32 Å². The van der Waals surface area contributed by atoms with Gasteiger partial charge in [-0.2, -0.15) is 17.5 Å². The molecule has 0 radical (unpaired) electrons. The molecular weight excluding hydrogens is 281 g/mol. The van der Waals surface area contributed by atoms with Crippen molar-refractivity contribution in [3.05, 3.63) is 0 Å². The molecule has 114 valence electrons. The molecular formula is C11H21F3N2O2S. The first-order chi connectivity index (χ1) is 8.74. The SMILES string of the molecule is CCCN(CC(F)(F)F)S(=O)(=O)CC1CCCCN1. The quantitative estimate of drug-likeness (QED) is 0.813. The van der Waals surface area contributed by atoms with E-state index in [9.17, 15) is 21.6 Å². The summed E-state index contributed by atoms with van der Waals surface area (Å²) in [6.07, 6.45) is -1.53. The summed E-state index contributed by atoms with van der Waals surface area (Å²) in [7, 11) is -3.87. The monoisotopic (exact) mass is 302 g/mol. The molecule has 0 spiro atoms. The molecule has 0 bridgehead atoms. The summed E-state index contributed by atoms with van der Waals surface area (Å²) >= 11 is 0. The van der Waals surface area contributed by atoms with Gasteiger partial charge in [0, 0.05) is 12.6 Å². The van der Waals surface area contributed by atoms with Gasteiger partial charge in [0.15, 0.2) is 0 Å². The Bertz CT molecular complexity index is 365. The third-order valence-electron chi connectivity index (χ3n) is 3.05. The van der Waals surface area contributed by atoms with Gasteiger partial charge in [0.05, 0.1) is 5.75 Å². The van der Waals surface area contributed by atoms with Crippen molar-refractivity contribution in [3.63, 3.8) is 0 Å². The minimum Gasteiger partial charge on any atom is -0.313 e. The zero-order valence-electron chi connectivity index (χ0n) is 11.0. The summed E-state index contributed by atoms with van der Waals surface area (Å²) in [5, 5.41) is 3.05. The molecule has 0 saturated carbocycles. The fraction of sp³-hybridized carbons (Fsp3) is 1.00. The topological polar surface area (TPSA) is 49.4 Å². The second kappa shape index (κ2) is 6.90. The van der Waals surface area contributed by atoms with E-state index in [0.717, 1.165) is 19.4 Å². The fourth-order valence-corrected chi connectivity index (χ4v) is 4.00. The lowest BCUT2D eigenvalue weighted by Gasteiger charge is -2.28. The van der Waals surface area contributed by atoms with E-state index in [-0.39, 0.29) is 18.3 Å². The highest BCUT2D eigenvalue weighted by molar-refractivity contribution is 7.89. The molecule has 0 amide bonds. The van der Waals surface area contributed by atoms with Crippen LogP contribution in [0.1, 0.15) is 32.6 Å². The number of halogens is 3. The average molecular weight is 302 g/mol. The van der Waals surface area contributed by atoms with E-state index in [4.69, 9.17) is 0 Å². The van der Waals surface area contributed by atoms with Crippen molar-refractivity contribution in [2.45, 2.75) is 44.8 Å². The number of rotatable bonds is 6. The maximum Gasteiger partial charge on any atom is 0.402 e. The lowest BCUT2D eigenvalue weighted by atomic mass is 10.1. The largest absolute Gasteiger partial charge is 0.402 e. The third-order valence-corrected chi connectivity index (χ3v) is 4.97. The van der Waals surface area contributed by atoms with Gasteiger partial charge in [-0.15, -0.1) is 0 Å². The summed E-state index contributed by atoms with van der Waals surface area (Å²) in [5.74, 6) is -0.247. The molecule has 1 unspecified atom stereocenters. The summed E-state index contributed by atoms with van der Waals surface area (Å²) in [5.41, 5.74) is 0. The van der Waals surface area contributed by atoms with Gasteiger partial charge in [0.25, 0.3) is 0 Å². The molecule has 1 heterocycles. The summed E-state index contributed by atoms with van der Waals surface area (Å²) in [6.45, 7) is 0.912. The number of alkyl halides is 3. The molecule has 1 N–H and O–H groups in total. The van der Waals surface area contributed by atoms with Crippen LogP contribution in [0.25, 0.3) is 0 Å². The third kappa shape index (κ3) is 6.09. The van der Waals surface area contributed by atoms with Gasteiger partial charge in [-0.3, -0.25) is 0 Å². The Morgan fingerprint density at radius 1 is 1.32 bits per heavy atom. The van der Waals surface area contributed by atoms with Crippen LogP contribution in [-0.4, -0.2) is 50.3 Å². The fourth-order valence-electron chi connectivity index (χ4n) is 2.19. The molecule has 4 nitrogen and oxygen atoms in total. The van der Waals surface area contributed by atoms with Crippen LogP contribution in [0.2, 0.25) is 0 Å². The zero-order chi connectivity index (χ0) is 14.5. The number of hydrogen-bond acceptors (Lipinski definition) is 3. The van der Waals surface area contributed by atoms with Crippen LogP contribution in [0.4, 0.5) is 13.2 Å². The summed E-state index contributed by atoms with van der Waals surface area (Å²) in [4.78, 5) is 0. The van der Waals surface area contributed by atoms with Gasteiger partial charge in [-0.1, -0.05) is 13.3 Å². The highest BCUT2D eigenvalue weighted by atomic mass is 32.2. The lowest BCUT2D eigenvalue weighted by Crippen LogP contribution is -2.46. The van der Waals surface area contributed by atoms with Crippen LogP contribution in [0.3, 0.4) is 0 Å². The standard InChI is InChI=1S/C11H21F3N2O2S/c1-2-7-16(9-11(12,13)14)19(17,18)8-10-5-3-4-6-15-10/h10,15H,2-9H2,1H3. The predicted molar refractivity (Wildman–Crippen MR) is 67.3 cm³/mol. The Morgan fingerprint density at radius 3 is 2.47 bits per heavy atom. The molecule has 1 fully saturated rings. The van der Waals surface area contributed by atoms with E-state index in [1.54, 1.807) is 6.92 Å². The van der Waals surface area contributed by atoms with Gasteiger partial charge in [0.1, 0.15) is 6.54 Å². The number of nitrogens with one attached hydrogen (secondary N) is 1. The smallest absolute Gasteiger partial charge is 0.313 e. The molecule has 1 rings (SSSR count). The molecule has 8 heteroatoms. The Balaban J connectivity index is 2.68. The van der Waals surface area contributed by atoms with Gasteiger partial charge >= 0.3 is 6.18 Å². The molecule has 1 saturated heterocycles. The second-order valence-electron chi connectivity index (χ2n) is 4.87. The molecule has 0 aromatic rings. The van der Waals surface area contributed by atoms with Crippen LogP contribution in [-0.2, 0) is 10.0 Å². The maximum absolute atomic E-state index is 12.4. The Labute approximate surface area is 112 Å². The first kappa shape index (κ1) is 16.7. The summed E-state index contributed by atoms with van der Waals surface area (Å²) < 4.78 is 61.9. The van der Waals surface area contributed by atoms with Gasteiger partial charge in [-0.25, -0.2) is 8.42 Å². The molecule has 1 atom stereocenters. The normalized spacial score (nSPS) is 21.8. The maximum atomic E-state index is 12.4. The van der Waals surface area contributed by atoms with Crippen LogP contribution in [0.15, 0.2) is 0 Å². The Morgan fingerprint density at radius 2 is 2.00 bits per heavy atom. The van der Waals surface area contributed by atoms with Crippen molar-refractivity contribution < 1.29 is 21.6 Å². The van der Waals surface area contributed by atoms with Crippen molar-refractivity contribution in [1.29, 1.82) is 0 Å². The van der Waals surface area contributed by atoms with E-state index in [2.05, 4.69) is 5.32 Å². The van der Waals surface area contributed by atoms with Crippen LogP contribution in [0.5, 0.6) is 0 Å². The Hall–Kier alpha value is -0.340. The van der Waals surface area contributed by atoms with Gasteiger partial charge in [0.2, 0.25) is 10.0 Å². The van der Waals surface area contributed by atoms with Crippen molar-refractivity contribution >= 4 is 10.0 Å². The zero-order valence-corrected chi connectivity index (χ0v) is 11.9. The van der Waals surface area contributed by atoms with Crippen molar-refractivity contribution in [2.24, 2.45) is 0 Å². The van der Waals surface area contributed by atoms with E-state index in [1.807, 2.05) is 0 Å². The average Bonchev–Trinajstić information content (AvgIpc) is 2.27. The second-order valence-corrected chi connectivity index (χ2v) is 6.89. The molecule has 1 aliphatic heterocycles. The van der Waals surface area contributed by atoms with E-state index in [1.165, 1.54) is 0 Å². The molecule has 0 aromatic heterocycles. The van der Waals surface area contributed by atoms with Gasteiger partial charge < -0.3 is 5.32 Å². The van der Waals surface area contributed by atoms with Crippen molar-refractivity contribution in [3.8, 4) is 0 Å². The number of hydrogen-bond donors (Lipinski definition) is 1. The van der Waals surface area contributed by atoms with Crippen molar-refractivity contribution in [1.82, 2.24) is 9.62 Å². The number of piperidine rings is 1. The van der Waals surface area contributed by atoms with Crippen LogP contribution in [0, 0.1) is 0 Å². The van der Waals surface area contributed by atoms with Gasteiger partial charge in [-0.05, 0) is 25.8 Å². The first-order valence-electron chi connectivity index (χ1n) is 6.52. The van der Waals surface area contributed by atoms with Crippen LogP contribution >= 0.6 is 0 Å².